The van der Waals surface area contributed by atoms with Crippen molar-refractivity contribution in [1.82, 2.24) is 15.0 Å². The Morgan fingerprint density at radius 2 is 1.87 bits per heavy atom. The molecule has 0 atom stereocenters. The van der Waals surface area contributed by atoms with Gasteiger partial charge in [0.1, 0.15) is 17.2 Å². The van der Waals surface area contributed by atoms with Crippen LogP contribution in [0.25, 0.3) is 0 Å². The van der Waals surface area contributed by atoms with Crippen LogP contribution >= 0.6 is 11.5 Å². The van der Waals surface area contributed by atoms with Crippen LogP contribution in [0.5, 0.6) is 5.75 Å². The van der Waals surface area contributed by atoms with Crippen LogP contribution in [-0.2, 0) is 4.79 Å². The fourth-order valence-electron chi connectivity index (χ4n) is 4.28. The van der Waals surface area contributed by atoms with Crippen molar-refractivity contribution in [1.29, 1.82) is 0 Å². The zero-order valence-electron chi connectivity index (χ0n) is 22.8. The molecule has 1 heterocycles. The maximum atomic E-state index is 13.7. The van der Waals surface area contributed by atoms with Crippen molar-refractivity contribution in [3.8, 4) is 5.75 Å². The number of nitrogens with two attached hydrogens (primary N) is 1. The van der Waals surface area contributed by atoms with Gasteiger partial charge in [-0.25, -0.2) is 0 Å². The zero-order chi connectivity index (χ0) is 27.5. The number of hydrogen-bond donors (Lipinski definition) is 3. The van der Waals surface area contributed by atoms with E-state index in [-0.39, 0.29) is 40.7 Å². The molecule has 1 aliphatic rings. The number of nitrogens with one attached hydrogen (secondary N) is 2. The lowest BCUT2D eigenvalue weighted by atomic mass is 9.95. The topological polar surface area (TPSA) is 127 Å². The molecule has 9 nitrogen and oxygen atoms in total. The SMILES string of the molecule is CCCCOc1ccc(N(CC(=O)NCCC(C)C)C(=O)c2snc(C(=O)NC3CCCCC3)c2N)cc1. The summed E-state index contributed by atoms with van der Waals surface area (Å²) in [5.41, 5.74) is 6.91. The predicted octanol–water partition coefficient (Wildman–Crippen LogP) is 4.78. The first-order valence-corrected chi connectivity index (χ1v) is 14.4. The zero-order valence-corrected chi connectivity index (χ0v) is 23.6. The van der Waals surface area contributed by atoms with E-state index in [0.717, 1.165) is 56.5 Å². The summed E-state index contributed by atoms with van der Waals surface area (Å²) in [4.78, 5) is 40.8. The van der Waals surface area contributed by atoms with Crippen molar-refractivity contribution < 1.29 is 19.1 Å². The Labute approximate surface area is 229 Å². The third-order valence-electron chi connectivity index (χ3n) is 6.58. The molecule has 0 saturated heterocycles. The van der Waals surface area contributed by atoms with Crippen LogP contribution in [0, 0.1) is 5.92 Å². The highest BCUT2D eigenvalue weighted by Crippen LogP contribution is 2.28. The Bertz CT molecular complexity index is 1060. The van der Waals surface area contributed by atoms with Crippen molar-refractivity contribution in [3.05, 3.63) is 34.8 Å². The molecule has 10 heteroatoms. The lowest BCUT2D eigenvalue weighted by Gasteiger charge is -2.23. The third-order valence-corrected chi connectivity index (χ3v) is 7.43. The second-order valence-corrected chi connectivity index (χ2v) is 11.0. The van der Waals surface area contributed by atoms with E-state index in [9.17, 15) is 14.4 Å². The first kappa shape index (κ1) is 29.4. The van der Waals surface area contributed by atoms with Gasteiger partial charge in [-0.15, -0.1) is 0 Å². The largest absolute Gasteiger partial charge is 0.494 e. The maximum absolute atomic E-state index is 13.7. The van der Waals surface area contributed by atoms with Crippen LogP contribution in [0.1, 0.15) is 92.3 Å². The lowest BCUT2D eigenvalue weighted by molar-refractivity contribution is -0.119. The summed E-state index contributed by atoms with van der Waals surface area (Å²) in [5, 5.41) is 5.89. The molecular weight excluding hydrogens is 502 g/mol. The monoisotopic (exact) mass is 543 g/mol. The Kier molecular flexibility index (Phi) is 11.4. The lowest BCUT2D eigenvalue weighted by Crippen LogP contribution is -2.41. The quantitative estimate of drug-likeness (QED) is 0.312. The molecule has 1 saturated carbocycles. The maximum Gasteiger partial charge on any atom is 0.273 e. The number of hydrogen-bond acceptors (Lipinski definition) is 7. The van der Waals surface area contributed by atoms with E-state index in [2.05, 4.69) is 35.8 Å². The summed E-state index contributed by atoms with van der Waals surface area (Å²) in [6.07, 6.45) is 8.02. The van der Waals surface area contributed by atoms with Crippen LogP contribution in [0.15, 0.2) is 24.3 Å². The molecule has 2 aromatic rings. The normalized spacial score (nSPS) is 13.8. The first-order chi connectivity index (χ1) is 18.3. The Morgan fingerprint density at radius 1 is 1.16 bits per heavy atom. The van der Waals surface area contributed by atoms with Gasteiger partial charge in [-0.05, 0) is 67.4 Å². The summed E-state index contributed by atoms with van der Waals surface area (Å²) < 4.78 is 9.96. The van der Waals surface area contributed by atoms with E-state index >= 15 is 0 Å². The van der Waals surface area contributed by atoms with Crippen molar-refractivity contribution >= 4 is 40.6 Å². The van der Waals surface area contributed by atoms with Gasteiger partial charge in [0.05, 0.1) is 12.3 Å². The third kappa shape index (κ3) is 8.44. The second kappa shape index (κ2) is 14.7. The van der Waals surface area contributed by atoms with Gasteiger partial charge in [-0.2, -0.15) is 4.37 Å². The van der Waals surface area contributed by atoms with Crippen LogP contribution in [-0.4, -0.2) is 47.8 Å². The molecule has 1 aliphatic carbocycles. The molecule has 0 spiro atoms. The van der Waals surface area contributed by atoms with E-state index in [1.54, 1.807) is 24.3 Å². The highest BCUT2D eigenvalue weighted by Gasteiger charge is 2.29. The molecule has 1 fully saturated rings. The van der Waals surface area contributed by atoms with Crippen LogP contribution in [0.2, 0.25) is 0 Å². The number of ether oxygens (including phenoxy) is 1. The molecule has 3 rings (SSSR count). The highest BCUT2D eigenvalue weighted by molar-refractivity contribution is 7.09. The van der Waals surface area contributed by atoms with Gasteiger partial charge in [-0.3, -0.25) is 19.3 Å². The Balaban J connectivity index is 1.78. The van der Waals surface area contributed by atoms with E-state index in [1.807, 2.05) is 0 Å². The van der Waals surface area contributed by atoms with Gasteiger partial charge in [-0.1, -0.05) is 46.5 Å². The molecule has 0 unspecified atom stereocenters. The molecule has 208 valence electrons. The molecule has 0 bridgehead atoms. The van der Waals surface area contributed by atoms with Gasteiger partial charge in [0.25, 0.3) is 11.8 Å². The van der Waals surface area contributed by atoms with E-state index < -0.39 is 5.91 Å². The predicted molar refractivity (Wildman–Crippen MR) is 152 cm³/mol. The number of rotatable bonds is 13. The van der Waals surface area contributed by atoms with Crippen LogP contribution < -0.4 is 26.0 Å². The molecule has 0 radical (unpaired) electrons. The second-order valence-electron chi connectivity index (χ2n) is 10.2. The minimum absolute atomic E-state index is 0.0399. The van der Waals surface area contributed by atoms with E-state index in [1.165, 1.54) is 11.3 Å². The Hall–Kier alpha value is -3.14. The van der Waals surface area contributed by atoms with Crippen LogP contribution in [0.3, 0.4) is 0 Å². The average Bonchev–Trinajstić information content (AvgIpc) is 3.29. The molecular formula is C28H41N5O4S. The average molecular weight is 544 g/mol. The number of aromatic nitrogens is 1. The molecule has 3 amide bonds. The molecule has 38 heavy (non-hydrogen) atoms. The number of nitrogens with zero attached hydrogens (tertiary/aromatic N) is 2. The first-order valence-electron chi connectivity index (χ1n) is 13.7. The van der Waals surface area contributed by atoms with Crippen molar-refractivity contribution in [2.45, 2.75) is 78.2 Å². The standard InChI is InChI=1S/C28H41N5O4S/c1-4-5-17-37-22-13-11-21(12-14-22)33(18-23(34)30-16-15-19(2)3)28(36)26-24(29)25(32-38-26)27(35)31-20-9-7-6-8-10-20/h11-14,19-20H,4-10,15-18,29H2,1-3H3,(H,30,34)(H,31,35). The summed E-state index contributed by atoms with van der Waals surface area (Å²) in [5.74, 6) is 0.0191. The molecule has 0 aliphatic heterocycles. The summed E-state index contributed by atoms with van der Waals surface area (Å²) >= 11 is 0.880. The Morgan fingerprint density at radius 3 is 2.53 bits per heavy atom. The minimum atomic E-state index is -0.477. The molecule has 1 aromatic heterocycles. The number of anilines is 2. The number of amides is 3. The fraction of sp³-hybridized carbons (Fsp3) is 0.571. The molecule has 1 aromatic carbocycles. The number of unbranched alkanes of at least 4 members (excludes halogenated alkanes) is 1. The van der Waals surface area contributed by atoms with E-state index in [4.69, 9.17) is 10.5 Å². The van der Waals surface area contributed by atoms with Gasteiger partial charge in [0.2, 0.25) is 5.91 Å². The summed E-state index contributed by atoms with van der Waals surface area (Å²) in [7, 11) is 0. The van der Waals surface area contributed by atoms with Crippen LogP contribution in [0.4, 0.5) is 11.4 Å². The number of benzene rings is 1. The van der Waals surface area contributed by atoms with Gasteiger partial charge in [0.15, 0.2) is 5.69 Å². The van der Waals surface area contributed by atoms with Gasteiger partial charge >= 0.3 is 0 Å². The number of carbonyl (C=O) groups is 3. The van der Waals surface area contributed by atoms with Crippen molar-refractivity contribution in [2.75, 3.05) is 30.3 Å². The smallest absolute Gasteiger partial charge is 0.273 e. The summed E-state index contributed by atoms with van der Waals surface area (Å²) in [6.45, 7) is 7.21. The van der Waals surface area contributed by atoms with Gasteiger partial charge < -0.3 is 21.1 Å². The summed E-state index contributed by atoms with van der Waals surface area (Å²) in [6, 6.07) is 7.14. The fourth-order valence-corrected chi connectivity index (χ4v) is 5.02. The highest BCUT2D eigenvalue weighted by atomic mass is 32.1. The van der Waals surface area contributed by atoms with Crippen molar-refractivity contribution in [2.24, 2.45) is 5.92 Å². The number of carbonyl (C=O) groups excluding carboxylic acids is 3. The molecule has 4 N–H and O–H groups in total. The van der Waals surface area contributed by atoms with E-state index in [0.29, 0.717) is 30.5 Å². The van der Waals surface area contributed by atoms with Gasteiger partial charge in [0, 0.05) is 18.3 Å². The minimum Gasteiger partial charge on any atom is -0.494 e. The van der Waals surface area contributed by atoms with Crippen molar-refractivity contribution in [3.63, 3.8) is 0 Å². The number of nitrogen functional groups attached to an aromatic ring is 1.